The third kappa shape index (κ3) is 6.14. The van der Waals surface area contributed by atoms with Crippen molar-refractivity contribution in [3.8, 4) is 22.5 Å². The molecule has 168 valence electrons. The number of nitrogens with one attached hydrogen (secondary N) is 1. The van der Waals surface area contributed by atoms with Crippen molar-refractivity contribution in [1.29, 1.82) is 0 Å². The van der Waals surface area contributed by atoms with Gasteiger partial charge < -0.3 is 15.3 Å². The molecular formula is C26H33N5O. The largest absolute Gasteiger partial charge is 0.396 e. The number of unbranched alkanes of at least 4 members (excludes halogenated alkanes) is 1. The second-order valence-electron chi connectivity index (χ2n) is 8.12. The second-order valence-corrected chi connectivity index (χ2v) is 8.12. The van der Waals surface area contributed by atoms with E-state index in [1.807, 2.05) is 45.7 Å². The molecule has 6 nitrogen and oxygen atoms in total. The summed E-state index contributed by atoms with van der Waals surface area (Å²) in [6, 6.07) is 10.5. The van der Waals surface area contributed by atoms with E-state index in [0.717, 1.165) is 53.9 Å². The van der Waals surface area contributed by atoms with Gasteiger partial charge in [0, 0.05) is 68.7 Å². The normalized spacial score (nSPS) is 11.5. The lowest BCUT2D eigenvalue weighted by Gasteiger charge is -2.14. The van der Waals surface area contributed by atoms with E-state index in [1.165, 1.54) is 11.1 Å². The number of hydrogen-bond acceptors (Lipinski definition) is 6. The molecule has 3 rings (SSSR count). The van der Waals surface area contributed by atoms with Gasteiger partial charge in [-0.3, -0.25) is 4.98 Å². The highest BCUT2D eigenvalue weighted by atomic mass is 16.2. The maximum Gasteiger partial charge on any atom is 0.161 e. The van der Waals surface area contributed by atoms with Crippen LogP contribution in [0.5, 0.6) is 0 Å². The smallest absolute Gasteiger partial charge is 0.161 e. The van der Waals surface area contributed by atoms with Crippen molar-refractivity contribution in [2.75, 3.05) is 32.6 Å². The maximum atomic E-state index is 9.10. The number of nitrogens with zero attached hydrogens (tertiary/aromatic N) is 4. The van der Waals surface area contributed by atoms with Crippen LogP contribution in [0.15, 0.2) is 55.1 Å². The fraction of sp³-hybridized carbons (Fsp3) is 0.346. The van der Waals surface area contributed by atoms with Crippen molar-refractivity contribution < 1.29 is 5.11 Å². The Morgan fingerprint density at radius 1 is 1.09 bits per heavy atom. The third-order valence-electron chi connectivity index (χ3n) is 5.14. The Morgan fingerprint density at radius 3 is 2.66 bits per heavy atom. The Bertz CT molecular complexity index is 1060. The molecule has 0 radical (unpaired) electrons. The summed E-state index contributed by atoms with van der Waals surface area (Å²) in [5.74, 6) is 1.46. The van der Waals surface area contributed by atoms with Crippen LogP contribution in [0.1, 0.15) is 37.3 Å². The van der Waals surface area contributed by atoms with Crippen LogP contribution in [0, 0.1) is 6.92 Å². The molecule has 0 aliphatic heterocycles. The molecule has 0 amide bonds. The van der Waals surface area contributed by atoms with Crippen molar-refractivity contribution in [2.24, 2.45) is 0 Å². The van der Waals surface area contributed by atoms with Crippen LogP contribution in [0.2, 0.25) is 0 Å². The minimum absolute atomic E-state index is 0.193. The summed E-state index contributed by atoms with van der Waals surface area (Å²) in [7, 11) is 4.08. The minimum atomic E-state index is 0.193. The van der Waals surface area contributed by atoms with E-state index < -0.39 is 0 Å². The van der Waals surface area contributed by atoms with Gasteiger partial charge in [0.1, 0.15) is 5.82 Å². The van der Waals surface area contributed by atoms with Gasteiger partial charge in [-0.1, -0.05) is 25.1 Å². The van der Waals surface area contributed by atoms with E-state index in [1.54, 1.807) is 0 Å². The number of hydrogen-bond donors (Lipinski definition) is 2. The second kappa shape index (κ2) is 11.4. The summed E-state index contributed by atoms with van der Waals surface area (Å²) >= 11 is 0. The predicted molar refractivity (Wildman–Crippen MR) is 132 cm³/mol. The molecule has 3 aromatic rings. The molecule has 0 unspecified atom stereocenters. The Labute approximate surface area is 191 Å². The van der Waals surface area contributed by atoms with Gasteiger partial charge in [0.2, 0.25) is 0 Å². The molecule has 0 aliphatic rings. The lowest BCUT2D eigenvalue weighted by atomic mass is 10.0. The number of benzene rings is 1. The van der Waals surface area contributed by atoms with E-state index >= 15 is 0 Å². The van der Waals surface area contributed by atoms with Gasteiger partial charge >= 0.3 is 0 Å². The molecule has 2 aromatic heterocycles. The Hall–Kier alpha value is -3.25. The van der Waals surface area contributed by atoms with Crippen LogP contribution >= 0.6 is 0 Å². The molecule has 32 heavy (non-hydrogen) atoms. The third-order valence-corrected chi connectivity index (χ3v) is 5.14. The van der Waals surface area contributed by atoms with E-state index in [4.69, 9.17) is 15.1 Å². The van der Waals surface area contributed by atoms with Crippen LogP contribution in [-0.2, 0) is 0 Å². The van der Waals surface area contributed by atoms with Crippen LogP contribution in [0.25, 0.3) is 28.1 Å². The SMILES string of the molecule is CC/C(=C\N(C)C)c1cccc(-c2ncc(-c3cncc(C)c3)c(NCCCCO)n2)c1. The fourth-order valence-corrected chi connectivity index (χ4v) is 3.55. The molecule has 0 aliphatic carbocycles. The molecule has 1 aromatic carbocycles. The van der Waals surface area contributed by atoms with Gasteiger partial charge in [0.25, 0.3) is 0 Å². The number of pyridine rings is 1. The number of aromatic nitrogens is 3. The van der Waals surface area contributed by atoms with E-state index in [0.29, 0.717) is 5.82 Å². The number of aryl methyl sites for hydroxylation is 1. The van der Waals surface area contributed by atoms with Crippen molar-refractivity contribution in [2.45, 2.75) is 33.1 Å². The predicted octanol–water partition coefficient (Wildman–Crippen LogP) is 5.01. The molecule has 0 atom stereocenters. The molecule has 0 bridgehead atoms. The summed E-state index contributed by atoms with van der Waals surface area (Å²) in [4.78, 5) is 16.0. The molecule has 0 saturated carbocycles. The van der Waals surface area contributed by atoms with Gasteiger partial charge in [0.15, 0.2) is 5.82 Å². The van der Waals surface area contributed by atoms with Crippen molar-refractivity contribution in [3.05, 3.63) is 66.2 Å². The van der Waals surface area contributed by atoms with Gasteiger partial charge in [-0.05, 0) is 55.0 Å². The molecular weight excluding hydrogens is 398 g/mol. The standard InChI is InChI=1S/C26H33N5O/c1-5-20(18-31(3)4)21-9-8-10-22(14-21)25-29-17-24(23-13-19(2)15-27-16-23)26(30-25)28-11-6-7-12-32/h8-10,13-18,32H,5-7,11-12H2,1-4H3,(H,28,29,30)/b20-18+. The Kier molecular flexibility index (Phi) is 8.34. The summed E-state index contributed by atoms with van der Waals surface area (Å²) < 4.78 is 0. The summed E-state index contributed by atoms with van der Waals surface area (Å²) in [6.07, 6.45) is 10.3. The number of aliphatic hydroxyl groups is 1. The molecule has 0 saturated heterocycles. The van der Waals surface area contributed by atoms with Gasteiger partial charge in [0.05, 0.1) is 0 Å². The number of rotatable bonds is 10. The molecule has 0 spiro atoms. The van der Waals surface area contributed by atoms with Gasteiger partial charge in [-0.25, -0.2) is 9.97 Å². The van der Waals surface area contributed by atoms with Crippen molar-refractivity contribution in [1.82, 2.24) is 19.9 Å². The molecule has 2 heterocycles. The highest BCUT2D eigenvalue weighted by Crippen LogP contribution is 2.29. The zero-order chi connectivity index (χ0) is 22.9. The highest BCUT2D eigenvalue weighted by Gasteiger charge is 2.12. The average Bonchev–Trinajstić information content (AvgIpc) is 2.80. The van der Waals surface area contributed by atoms with Crippen molar-refractivity contribution >= 4 is 11.4 Å². The van der Waals surface area contributed by atoms with Crippen LogP contribution < -0.4 is 5.32 Å². The van der Waals surface area contributed by atoms with Crippen LogP contribution in [0.4, 0.5) is 5.82 Å². The highest BCUT2D eigenvalue weighted by molar-refractivity contribution is 5.77. The fourth-order valence-electron chi connectivity index (χ4n) is 3.55. The van der Waals surface area contributed by atoms with Crippen LogP contribution in [-0.4, -0.2) is 52.2 Å². The quantitative estimate of drug-likeness (QED) is 0.440. The Morgan fingerprint density at radius 2 is 1.94 bits per heavy atom. The maximum absolute atomic E-state index is 9.10. The number of allylic oxidation sites excluding steroid dienone is 1. The molecule has 6 heteroatoms. The summed E-state index contributed by atoms with van der Waals surface area (Å²) in [6.45, 7) is 5.11. The Balaban J connectivity index is 1.99. The van der Waals surface area contributed by atoms with Gasteiger partial charge in [-0.2, -0.15) is 0 Å². The monoisotopic (exact) mass is 431 g/mol. The zero-order valence-corrected chi connectivity index (χ0v) is 19.5. The minimum Gasteiger partial charge on any atom is -0.396 e. The molecule has 0 fully saturated rings. The first kappa shape index (κ1) is 23.4. The first-order valence-corrected chi connectivity index (χ1v) is 11.1. The van der Waals surface area contributed by atoms with E-state index in [9.17, 15) is 0 Å². The number of anilines is 1. The topological polar surface area (TPSA) is 74.2 Å². The number of aliphatic hydroxyl groups excluding tert-OH is 1. The van der Waals surface area contributed by atoms with E-state index in [2.05, 4.69) is 52.6 Å². The van der Waals surface area contributed by atoms with E-state index in [-0.39, 0.29) is 6.61 Å². The van der Waals surface area contributed by atoms with Gasteiger partial charge in [-0.15, -0.1) is 0 Å². The summed E-state index contributed by atoms with van der Waals surface area (Å²) in [5, 5.41) is 12.5. The van der Waals surface area contributed by atoms with Crippen molar-refractivity contribution in [3.63, 3.8) is 0 Å². The summed E-state index contributed by atoms with van der Waals surface area (Å²) in [5.41, 5.74) is 6.41. The lowest BCUT2D eigenvalue weighted by molar-refractivity contribution is 0.286. The average molecular weight is 432 g/mol. The lowest BCUT2D eigenvalue weighted by Crippen LogP contribution is -2.07. The van der Waals surface area contributed by atoms with Crippen LogP contribution in [0.3, 0.4) is 0 Å². The zero-order valence-electron chi connectivity index (χ0n) is 19.5. The first-order valence-electron chi connectivity index (χ1n) is 11.1. The first-order chi connectivity index (χ1) is 15.5. The molecule has 2 N–H and O–H groups in total.